The van der Waals surface area contributed by atoms with Crippen LogP contribution >= 0.6 is 11.6 Å². The van der Waals surface area contributed by atoms with Gasteiger partial charge in [-0.25, -0.2) is 0 Å². The summed E-state index contributed by atoms with van der Waals surface area (Å²) in [6.45, 7) is 1.07. The quantitative estimate of drug-likeness (QED) is 0.441. The molecule has 0 bridgehead atoms. The molecule has 0 aliphatic heterocycles. The zero-order valence-corrected chi connectivity index (χ0v) is 6.56. The molecule has 1 rings (SSSR count). The van der Waals surface area contributed by atoms with Crippen LogP contribution in [-0.4, -0.2) is 17.7 Å². The van der Waals surface area contributed by atoms with Crippen molar-refractivity contribution in [2.75, 3.05) is 5.88 Å². The van der Waals surface area contributed by atoms with E-state index in [1.807, 2.05) is 0 Å². The second-order valence-electron chi connectivity index (χ2n) is 3.15. The first-order valence-electron chi connectivity index (χ1n) is 3.08. The van der Waals surface area contributed by atoms with Crippen molar-refractivity contribution in [2.24, 2.45) is 5.41 Å². The molecule has 1 aliphatic rings. The average Bonchev–Trinajstić information content (AvgIpc) is 1.86. The molecule has 0 saturated heterocycles. The third-order valence-electron chi connectivity index (χ3n) is 2.12. The fraction of sp³-hybridized carbons (Fsp3) is 1.00. The van der Waals surface area contributed by atoms with Crippen LogP contribution in [0.15, 0.2) is 0 Å². The molecule has 0 spiro atoms. The number of rotatable bonds is 1. The molecule has 0 aromatic heterocycles. The lowest BCUT2D eigenvalue weighted by molar-refractivity contribution is -0.345. The number of hydrogen-bond donors (Lipinski definition) is 0. The van der Waals surface area contributed by atoms with Crippen molar-refractivity contribution in [1.82, 2.24) is 0 Å². The maximum atomic E-state index is 12.5. The van der Waals surface area contributed by atoms with Gasteiger partial charge in [0, 0.05) is 12.3 Å². The smallest absolute Gasteiger partial charge is 0.200 e. The predicted octanol–water partition coefficient (Wildman–Crippen LogP) is 2.91. The Balaban J connectivity index is 2.84. The largest absolute Gasteiger partial charge is 0.316 e. The van der Waals surface area contributed by atoms with Gasteiger partial charge >= 0.3 is 11.8 Å². The Morgan fingerprint density at radius 1 is 1.27 bits per heavy atom. The van der Waals surface area contributed by atoms with Crippen molar-refractivity contribution in [2.45, 2.75) is 25.2 Å². The molecule has 0 heterocycles. The van der Waals surface area contributed by atoms with Crippen LogP contribution < -0.4 is 0 Å². The van der Waals surface area contributed by atoms with E-state index >= 15 is 0 Å². The van der Waals surface area contributed by atoms with Crippen molar-refractivity contribution in [3.05, 3.63) is 0 Å². The zero-order chi connectivity index (χ0) is 8.91. The minimum Gasteiger partial charge on any atom is -0.200 e. The molecule has 0 amide bonds. The maximum absolute atomic E-state index is 12.5. The SMILES string of the molecule is CC1(CCl)CC(F)(F)C1(F)F. The molecule has 1 aliphatic carbocycles. The van der Waals surface area contributed by atoms with Crippen LogP contribution in [0.1, 0.15) is 13.3 Å². The third kappa shape index (κ3) is 0.880. The molecular formula is C6H7ClF4. The Labute approximate surface area is 66.5 Å². The Morgan fingerprint density at radius 2 is 1.73 bits per heavy atom. The van der Waals surface area contributed by atoms with Crippen molar-refractivity contribution in [1.29, 1.82) is 0 Å². The van der Waals surface area contributed by atoms with Gasteiger partial charge < -0.3 is 0 Å². The van der Waals surface area contributed by atoms with Crippen LogP contribution in [0.4, 0.5) is 17.6 Å². The fourth-order valence-electron chi connectivity index (χ4n) is 1.18. The van der Waals surface area contributed by atoms with E-state index in [0.717, 1.165) is 6.92 Å². The van der Waals surface area contributed by atoms with Crippen LogP contribution in [0.3, 0.4) is 0 Å². The summed E-state index contributed by atoms with van der Waals surface area (Å²) in [6.07, 6.45) is -0.823. The number of halogens is 5. The molecule has 0 aromatic rings. The molecule has 0 N–H and O–H groups in total. The lowest BCUT2D eigenvalue weighted by Gasteiger charge is -2.51. The Hall–Kier alpha value is 0.01000. The number of hydrogen-bond acceptors (Lipinski definition) is 0. The van der Waals surface area contributed by atoms with Gasteiger partial charge in [-0.3, -0.25) is 0 Å². The van der Waals surface area contributed by atoms with Gasteiger partial charge in [0.25, 0.3) is 0 Å². The Kier molecular flexibility index (Phi) is 1.68. The van der Waals surface area contributed by atoms with Crippen LogP contribution in [0.25, 0.3) is 0 Å². The highest BCUT2D eigenvalue weighted by atomic mass is 35.5. The van der Waals surface area contributed by atoms with Gasteiger partial charge in [0.2, 0.25) is 0 Å². The van der Waals surface area contributed by atoms with Crippen molar-refractivity contribution in [3.63, 3.8) is 0 Å². The fourth-order valence-corrected chi connectivity index (χ4v) is 1.44. The molecule has 1 saturated carbocycles. The van der Waals surface area contributed by atoms with E-state index in [2.05, 4.69) is 0 Å². The summed E-state index contributed by atoms with van der Waals surface area (Å²) in [4.78, 5) is 0. The molecule has 1 unspecified atom stereocenters. The van der Waals surface area contributed by atoms with E-state index in [1.54, 1.807) is 0 Å². The Bertz CT molecular complexity index is 179. The zero-order valence-electron chi connectivity index (χ0n) is 5.80. The van der Waals surface area contributed by atoms with Gasteiger partial charge in [-0.15, -0.1) is 11.6 Å². The lowest BCUT2D eigenvalue weighted by atomic mass is 9.65. The summed E-state index contributed by atoms with van der Waals surface area (Å²) in [6, 6.07) is 0. The van der Waals surface area contributed by atoms with Gasteiger partial charge in [0.15, 0.2) is 0 Å². The minimum atomic E-state index is -3.94. The van der Waals surface area contributed by atoms with E-state index in [0.29, 0.717) is 0 Å². The summed E-state index contributed by atoms with van der Waals surface area (Å²) < 4.78 is 49.4. The highest BCUT2D eigenvalue weighted by Crippen LogP contribution is 2.63. The Morgan fingerprint density at radius 3 is 1.82 bits per heavy atom. The molecule has 0 aromatic carbocycles. The van der Waals surface area contributed by atoms with E-state index in [-0.39, 0.29) is 0 Å². The molecule has 1 fully saturated rings. The van der Waals surface area contributed by atoms with Gasteiger partial charge in [0.05, 0.1) is 5.41 Å². The van der Waals surface area contributed by atoms with Crippen molar-refractivity contribution < 1.29 is 17.6 Å². The van der Waals surface area contributed by atoms with E-state index in [9.17, 15) is 17.6 Å². The summed E-state index contributed by atoms with van der Waals surface area (Å²) in [5.41, 5.74) is -1.72. The molecular weight excluding hydrogens is 184 g/mol. The van der Waals surface area contributed by atoms with Crippen molar-refractivity contribution in [3.8, 4) is 0 Å². The molecule has 11 heavy (non-hydrogen) atoms. The van der Waals surface area contributed by atoms with Crippen molar-refractivity contribution >= 4 is 11.6 Å². The van der Waals surface area contributed by atoms with Crippen LogP contribution in [0.2, 0.25) is 0 Å². The van der Waals surface area contributed by atoms with E-state index in [1.165, 1.54) is 0 Å². The van der Waals surface area contributed by atoms with E-state index in [4.69, 9.17) is 11.6 Å². The summed E-state index contributed by atoms with van der Waals surface area (Å²) >= 11 is 5.14. The highest BCUT2D eigenvalue weighted by Gasteiger charge is 2.77. The second-order valence-corrected chi connectivity index (χ2v) is 3.42. The molecule has 5 heteroatoms. The van der Waals surface area contributed by atoms with Gasteiger partial charge in [0.1, 0.15) is 0 Å². The first kappa shape index (κ1) is 9.10. The van der Waals surface area contributed by atoms with Crippen LogP contribution in [0.5, 0.6) is 0 Å². The standard InChI is InChI=1S/C6H7ClF4/c1-4(3-7)2-5(8,9)6(4,10)11/h2-3H2,1H3. The van der Waals surface area contributed by atoms with Crippen LogP contribution in [-0.2, 0) is 0 Å². The molecule has 0 nitrogen and oxygen atoms in total. The summed E-state index contributed by atoms with van der Waals surface area (Å²) in [5.74, 6) is -8.24. The number of alkyl halides is 5. The predicted molar refractivity (Wildman–Crippen MR) is 33.3 cm³/mol. The van der Waals surface area contributed by atoms with E-state index < -0.39 is 29.6 Å². The molecule has 66 valence electrons. The third-order valence-corrected chi connectivity index (χ3v) is 2.71. The first-order chi connectivity index (χ1) is 4.77. The lowest BCUT2D eigenvalue weighted by Crippen LogP contribution is -2.66. The summed E-state index contributed by atoms with van der Waals surface area (Å²) in [5, 5.41) is 0. The minimum absolute atomic E-state index is 0.435. The molecule has 1 atom stereocenters. The first-order valence-corrected chi connectivity index (χ1v) is 3.62. The average molecular weight is 191 g/mol. The maximum Gasteiger partial charge on any atom is 0.316 e. The van der Waals surface area contributed by atoms with Crippen LogP contribution in [0, 0.1) is 5.41 Å². The van der Waals surface area contributed by atoms with Gasteiger partial charge in [-0.1, -0.05) is 6.92 Å². The van der Waals surface area contributed by atoms with Gasteiger partial charge in [-0.05, 0) is 0 Å². The normalized spacial score (nSPS) is 39.8. The second kappa shape index (κ2) is 2.03. The highest BCUT2D eigenvalue weighted by molar-refractivity contribution is 6.18. The topological polar surface area (TPSA) is 0 Å². The molecule has 0 radical (unpaired) electrons. The summed E-state index contributed by atoms with van der Waals surface area (Å²) in [7, 11) is 0. The van der Waals surface area contributed by atoms with Gasteiger partial charge in [-0.2, -0.15) is 17.6 Å². The monoisotopic (exact) mass is 190 g/mol.